The zero-order valence-corrected chi connectivity index (χ0v) is 13.5. The predicted molar refractivity (Wildman–Crippen MR) is 82.6 cm³/mol. The van der Waals surface area contributed by atoms with Crippen LogP contribution in [-0.2, 0) is 4.79 Å². The van der Waals surface area contributed by atoms with Gasteiger partial charge < -0.3 is 4.90 Å². The first-order valence-corrected chi connectivity index (χ1v) is 8.60. The molecule has 2 rings (SSSR count). The molecule has 0 N–H and O–H groups in total. The fourth-order valence-electron chi connectivity index (χ4n) is 2.96. The molecule has 4 heteroatoms. The minimum absolute atomic E-state index is 0.180. The van der Waals surface area contributed by atoms with E-state index in [1.807, 2.05) is 0 Å². The topological polar surface area (TPSA) is 23.6 Å². The summed E-state index contributed by atoms with van der Waals surface area (Å²) in [5, 5.41) is 0. The van der Waals surface area contributed by atoms with Crippen molar-refractivity contribution in [3.63, 3.8) is 0 Å². The van der Waals surface area contributed by atoms with Crippen LogP contribution in [0.3, 0.4) is 0 Å². The maximum Gasteiger partial charge on any atom is 0.232 e. The largest absolute Gasteiger partial charge is 0.340 e. The molecular formula is C15H28N2OS. The number of piperidine rings is 1. The van der Waals surface area contributed by atoms with E-state index >= 15 is 0 Å². The van der Waals surface area contributed by atoms with Crippen LogP contribution < -0.4 is 0 Å². The molecule has 0 aromatic carbocycles. The molecule has 2 fully saturated rings. The van der Waals surface area contributed by atoms with Crippen molar-refractivity contribution in [3.05, 3.63) is 0 Å². The molecule has 0 radical (unpaired) electrons. The summed E-state index contributed by atoms with van der Waals surface area (Å²) in [6.45, 7) is 10.9. The zero-order chi connectivity index (χ0) is 13.9. The standard InChI is InChI=1S/C15H28N2OS/c1-15(2,3)19-12-14(18)17-10-6-7-13(11-17)16-8-4-5-9-16/h13H,4-12H2,1-3H3. The molecule has 0 aromatic heterocycles. The molecule has 0 aliphatic carbocycles. The monoisotopic (exact) mass is 284 g/mol. The van der Waals surface area contributed by atoms with E-state index < -0.39 is 0 Å². The molecule has 3 nitrogen and oxygen atoms in total. The number of thioether (sulfide) groups is 1. The Bertz CT molecular complexity index is 308. The van der Waals surface area contributed by atoms with Gasteiger partial charge in [0.1, 0.15) is 0 Å². The Hall–Kier alpha value is -0.220. The van der Waals surface area contributed by atoms with E-state index in [0.29, 0.717) is 17.7 Å². The van der Waals surface area contributed by atoms with E-state index in [1.165, 1.54) is 38.8 Å². The molecule has 1 amide bonds. The summed E-state index contributed by atoms with van der Waals surface area (Å²) in [7, 11) is 0. The Balaban J connectivity index is 1.81. The Morgan fingerprint density at radius 1 is 1.16 bits per heavy atom. The van der Waals surface area contributed by atoms with E-state index in [4.69, 9.17) is 0 Å². The molecule has 0 aromatic rings. The number of carbonyl (C=O) groups is 1. The maximum absolute atomic E-state index is 12.3. The summed E-state index contributed by atoms with van der Waals surface area (Å²) in [6.07, 6.45) is 5.12. The molecule has 0 spiro atoms. The highest BCUT2D eigenvalue weighted by atomic mass is 32.2. The van der Waals surface area contributed by atoms with Gasteiger partial charge in [-0.2, -0.15) is 0 Å². The average Bonchev–Trinajstić information content (AvgIpc) is 2.89. The van der Waals surface area contributed by atoms with Crippen molar-refractivity contribution in [2.75, 3.05) is 31.9 Å². The van der Waals surface area contributed by atoms with Crippen LogP contribution in [0.15, 0.2) is 0 Å². The first kappa shape index (κ1) is 15.2. The summed E-state index contributed by atoms with van der Waals surface area (Å²) in [5.74, 6) is 0.972. The lowest BCUT2D eigenvalue weighted by atomic mass is 10.0. The number of carbonyl (C=O) groups excluding carboxylic acids is 1. The van der Waals surface area contributed by atoms with Crippen LogP contribution in [0.5, 0.6) is 0 Å². The highest BCUT2D eigenvalue weighted by Gasteiger charge is 2.29. The minimum atomic E-state index is 0.180. The fourth-order valence-corrected chi connectivity index (χ4v) is 3.69. The first-order valence-electron chi connectivity index (χ1n) is 7.61. The first-order chi connectivity index (χ1) is 8.96. The van der Waals surface area contributed by atoms with Crippen molar-refractivity contribution < 1.29 is 4.79 Å². The van der Waals surface area contributed by atoms with Crippen LogP contribution in [0.2, 0.25) is 0 Å². The second-order valence-electron chi connectivity index (χ2n) is 6.78. The van der Waals surface area contributed by atoms with Gasteiger partial charge in [0.2, 0.25) is 5.91 Å². The number of nitrogens with zero attached hydrogens (tertiary/aromatic N) is 2. The highest BCUT2D eigenvalue weighted by molar-refractivity contribution is 8.01. The third kappa shape index (κ3) is 4.67. The quantitative estimate of drug-likeness (QED) is 0.796. The van der Waals surface area contributed by atoms with E-state index in [0.717, 1.165) is 13.1 Å². The highest BCUT2D eigenvalue weighted by Crippen LogP contribution is 2.25. The number of hydrogen-bond acceptors (Lipinski definition) is 3. The molecular weight excluding hydrogens is 256 g/mol. The van der Waals surface area contributed by atoms with Crippen molar-refractivity contribution >= 4 is 17.7 Å². The zero-order valence-electron chi connectivity index (χ0n) is 12.7. The average molecular weight is 284 g/mol. The van der Waals surface area contributed by atoms with Gasteiger partial charge in [0.15, 0.2) is 0 Å². The molecule has 2 aliphatic rings. The Morgan fingerprint density at radius 3 is 2.47 bits per heavy atom. The van der Waals surface area contributed by atoms with E-state index in [9.17, 15) is 4.79 Å². The molecule has 2 heterocycles. The van der Waals surface area contributed by atoms with Gasteiger partial charge in [-0.15, -0.1) is 11.8 Å². The SMILES string of the molecule is CC(C)(C)SCC(=O)N1CCCC(N2CCCC2)C1. The van der Waals surface area contributed by atoms with Crippen LogP contribution in [0, 0.1) is 0 Å². The van der Waals surface area contributed by atoms with Gasteiger partial charge in [-0.25, -0.2) is 0 Å². The molecule has 19 heavy (non-hydrogen) atoms. The lowest BCUT2D eigenvalue weighted by molar-refractivity contribution is -0.130. The van der Waals surface area contributed by atoms with Crippen molar-refractivity contribution in [2.45, 2.75) is 57.2 Å². The number of likely N-dealkylation sites (tertiary alicyclic amines) is 2. The smallest absolute Gasteiger partial charge is 0.232 e. The number of hydrogen-bond donors (Lipinski definition) is 0. The summed E-state index contributed by atoms with van der Waals surface area (Å²) in [5.41, 5.74) is 0. The van der Waals surface area contributed by atoms with Crippen LogP contribution in [0.4, 0.5) is 0 Å². The van der Waals surface area contributed by atoms with Crippen molar-refractivity contribution in [2.24, 2.45) is 0 Å². The Morgan fingerprint density at radius 2 is 1.84 bits per heavy atom. The molecule has 1 unspecified atom stereocenters. The second kappa shape index (κ2) is 6.49. The molecule has 2 aliphatic heterocycles. The predicted octanol–water partition coefficient (Wildman–Crippen LogP) is 2.60. The summed E-state index contributed by atoms with van der Waals surface area (Å²) < 4.78 is 0.180. The molecule has 2 saturated heterocycles. The summed E-state index contributed by atoms with van der Waals surface area (Å²) in [6, 6.07) is 0.625. The fraction of sp³-hybridized carbons (Fsp3) is 0.933. The lowest BCUT2D eigenvalue weighted by Gasteiger charge is -2.37. The number of rotatable bonds is 3. The van der Waals surface area contributed by atoms with Gasteiger partial charge in [0.05, 0.1) is 5.75 Å². The van der Waals surface area contributed by atoms with Crippen LogP contribution in [0.25, 0.3) is 0 Å². The third-order valence-corrected chi connectivity index (χ3v) is 5.29. The van der Waals surface area contributed by atoms with Gasteiger partial charge in [-0.3, -0.25) is 9.69 Å². The van der Waals surface area contributed by atoms with Gasteiger partial charge in [0, 0.05) is 23.9 Å². The summed E-state index contributed by atoms with van der Waals surface area (Å²) >= 11 is 1.76. The van der Waals surface area contributed by atoms with Crippen molar-refractivity contribution in [1.29, 1.82) is 0 Å². The Labute approximate surface area is 122 Å². The van der Waals surface area contributed by atoms with Crippen LogP contribution >= 0.6 is 11.8 Å². The molecule has 110 valence electrons. The third-order valence-electron chi connectivity index (χ3n) is 4.03. The molecule has 0 bridgehead atoms. The minimum Gasteiger partial charge on any atom is -0.340 e. The van der Waals surface area contributed by atoms with Gasteiger partial charge in [-0.1, -0.05) is 20.8 Å². The van der Waals surface area contributed by atoms with E-state index in [1.54, 1.807) is 11.8 Å². The van der Waals surface area contributed by atoms with E-state index in [-0.39, 0.29) is 4.75 Å². The van der Waals surface area contributed by atoms with Gasteiger partial charge in [0.25, 0.3) is 0 Å². The Kier molecular flexibility index (Phi) is 5.18. The van der Waals surface area contributed by atoms with Crippen LogP contribution in [-0.4, -0.2) is 58.4 Å². The summed E-state index contributed by atoms with van der Waals surface area (Å²) in [4.78, 5) is 17.0. The van der Waals surface area contributed by atoms with Crippen molar-refractivity contribution in [3.8, 4) is 0 Å². The molecule has 0 saturated carbocycles. The van der Waals surface area contributed by atoms with Crippen molar-refractivity contribution in [1.82, 2.24) is 9.80 Å². The maximum atomic E-state index is 12.3. The van der Waals surface area contributed by atoms with Gasteiger partial charge in [-0.05, 0) is 38.8 Å². The van der Waals surface area contributed by atoms with E-state index in [2.05, 4.69) is 30.6 Å². The van der Waals surface area contributed by atoms with Gasteiger partial charge >= 0.3 is 0 Å². The van der Waals surface area contributed by atoms with Crippen LogP contribution in [0.1, 0.15) is 46.5 Å². The molecule has 1 atom stereocenters. The lowest BCUT2D eigenvalue weighted by Crippen LogP contribution is -2.49. The number of amides is 1. The normalized spacial score (nSPS) is 25.8. The second-order valence-corrected chi connectivity index (χ2v) is 8.58.